The van der Waals surface area contributed by atoms with Crippen molar-refractivity contribution in [2.45, 2.75) is 77.0 Å². The van der Waals surface area contributed by atoms with Gasteiger partial charge in [-0.2, -0.15) is 0 Å². The van der Waals surface area contributed by atoms with Crippen LogP contribution in [0, 0.1) is 5.92 Å². The molecule has 20 heavy (non-hydrogen) atoms. The van der Waals surface area contributed by atoms with Crippen molar-refractivity contribution in [2.75, 3.05) is 0 Å². The first-order chi connectivity index (χ1) is 9.29. The van der Waals surface area contributed by atoms with E-state index in [-0.39, 0.29) is 6.04 Å². The summed E-state index contributed by atoms with van der Waals surface area (Å²) in [5.41, 5.74) is -0.595. The van der Waals surface area contributed by atoms with Crippen molar-refractivity contribution >= 4 is 12.1 Å². The summed E-state index contributed by atoms with van der Waals surface area (Å²) < 4.78 is 5.43. The molecule has 1 aliphatic carbocycles. The fourth-order valence-corrected chi connectivity index (χ4v) is 3.45. The van der Waals surface area contributed by atoms with Gasteiger partial charge in [-0.15, -0.1) is 0 Å². The standard InChI is InChI=1S/C15H25NO4/c1-15(2,3)20-14(19)16-11-7-5-4-6-10(11)8-9-12(16)13(17)18/h10-12H,4-9H2,1-3H3,(H,17,18). The van der Waals surface area contributed by atoms with Crippen LogP contribution in [-0.2, 0) is 9.53 Å². The zero-order valence-corrected chi connectivity index (χ0v) is 12.6. The first kappa shape index (κ1) is 15.1. The van der Waals surface area contributed by atoms with Crippen molar-refractivity contribution in [3.05, 3.63) is 0 Å². The summed E-state index contributed by atoms with van der Waals surface area (Å²) >= 11 is 0. The van der Waals surface area contributed by atoms with Crippen LogP contribution in [0.1, 0.15) is 59.3 Å². The molecule has 0 aromatic carbocycles. The maximum atomic E-state index is 12.4. The third kappa shape index (κ3) is 3.25. The predicted octanol–water partition coefficient (Wildman–Crippen LogP) is 3.03. The number of carbonyl (C=O) groups excluding carboxylic acids is 1. The van der Waals surface area contributed by atoms with Gasteiger partial charge in [-0.3, -0.25) is 4.90 Å². The van der Waals surface area contributed by atoms with E-state index in [1.54, 1.807) is 0 Å². The van der Waals surface area contributed by atoms with Crippen LogP contribution >= 0.6 is 0 Å². The van der Waals surface area contributed by atoms with E-state index in [0.717, 1.165) is 25.7 Å². The molecule has 2 fully saturated rings. The summed E-state index contributed by atoms with van der Waals surface area (Å²) in [5.74, 6) is -0.480. The summed E-state index contributed by atoms with van der Waals surface area (Å²) in [7, 11) is 0. The quantitative estimate of drug-likeness (QED) is 0.803. The van der Waals surface area contributed by atoms with Crippen LogP contribution in [0.5, 0.6) is 0 Å². The summed E-state index contributed by atoms with van der Waals surface area (Å²) in [6.45, 7) is 5.43. The van der Waals surface area contributed by atoms with E-state index in [2.05, 4.69) is 0 Å². The van der Waals surface area contributed by atoms with E-state index in [1.807, 2.05) is 20.8 Å². The average molecular weight is 283 g/mol. The summed E-state index contributed by atoms with van der Waals surface area (Å²) in [6.07, 6.45) is 5.20. The Bertz CT molecular complexity index is 388. The lowest BCUT2D eigenvalue weighted by Crippen LogP contribution is -2.58. The number of nitrogens with zero attached hydrogens (tertiary/aromatic N) is 1. The van der Waals surface area contributed by atoms with Crippen LogP contribution in [0.4, 0.5) is 4.79 Å². The van der Waals surface area contributed by atoms with Gasteiger partial charge in [-0.05, 0) is 52.4 Å². The van der Waals surface area contributed by atoms with Crippen LogP contribution in [0.3, 0.4) is 0 Å². The first-order valence-electron chi connectivity index (χ1n) is 7.54. The fraction of sp³-hybridized carbons (Fsp3) is 0.867. The fourth-order valence-electron chi connectivity index (χ4n) is 3.45. The van der Waals surface area contributed by atoms with E-state index >= 15 is 0 Å². The topological polar surface area (TPSA) is 66.8 Å². The lowest BCUT2D eigenvalue weighted by molar-refractivity contribution is -0.147. The van der Waals surface area contributed by atoms with E-state index in [1.165, 1.54) is 11.3 Å². The Morgan fingerprint density at radius 3 is 2.35 bits per heavy atom. The Morgan fingerprint density at radius 2 is 1.75 bits per heavy atom. The van der Waals surface area contributed by atoms with Crippen molar-refractivity contribution in [3.63, 3.8) is 0 Å². The Labute approximate surface area is 120 Å². The molecule has 5 heteroatoms. The van der Waals surface area contributed by atoms with Gasteiger partial charge < -0.3 is 9.84 Å². The molecule has 1 saturated carbocycles. The predicted molar refractivity (Wildman–Crippen MR) is 74.5 cm³/mol. The number of carbonyl (C=O) groups is 2. The molecule has 5 nitrogen and oxygen atoms in total. The summed E-state index contributed by atoms with van der Waals surface area (Å²) in [4.78, 5) is 25.4. The van der Waals surface area contributed by atoms with Gasteiger partial charge in [0.05, 0.1) is 0 Å². The molecule has 114 valence electrons. The van der Waals surface area contributed by atoms with Crippen LogP contribution in [-0.4, -0.2) is 39.8 Å². The molecular formula is C15H25NO4. The molecule has 0 radical (unpaired) electrons. The Morgan fingerprint density at radius 1 is 1.10 bits per heavy atom. The normalized spacial score (nSPS) is 30.6. The highest BCUT2D eigenvalue weighted by Crippen LogP contribution is 2.38. The number of rotatable bonds is 1. The monoisotopic (exact) mass is 283 g/mol. The molecule has 1 amide bonds. The second kappa shape index (κ2) is 5.62. The van der Waals surface area contributed by atoms with Gasteiger partial charge in [0.2, 0.25) is 0 Å². The van der Waals surface area contributed by atoms with Gasteiger partial charge in [0.1, 0.15) is 11.6 Å². The second-order valence-electron chi connectivity index (χ2n) is 6.93. The number of fused-ring (bicyclic) bond motifs is 1. The molecular weight excluding hydrogens is 258 g/mol. The molecule has 0 spiro atoms. The Balaban J connectivity index is 2.20. The lowest BCUT2D eigenvalue weighted by Gasteiger charge is -2.46. The minimum atomic E-state index is -0.917. The van der Waals surface area contributed by atoms with Crippen LogP contribution in [0.2, 0.25) is 0 Å². The summed E-state index contributed by atoms with van der Waals surface area (Å²) in [5, 5.41) is 9.40. The molecule has 1 saturated heterocycles. The van der Waals surface area contributed by atoms with Crippen molar-refractivity contribution in [3.8, 4) is 0 Å². The highest BCUT2D eigenvalue weighted by Gasteiger charge is 2.45. The molecule has 1 N–H and O–H groups in total. The number of carboxylic acid groups (broad SMARTS) is 1. The number of ether oxygens (including phenoxy) is 1. The van der Waals surface area contributed by atoms with Crippen LogP contribution in [0.25, 0.3) is 0 Å². The molecule has 3 atom stereocenters. The minimum absolute atomic E-state index is 0.0356. The number of hydrogen-bond acceptors (Lipinski definition) is 3. The molecule has 3 unspecified atom stereocenters. The second-order valence-corrected chi connectivity index (χ2v) is 6.93. The number of aliphatic carboxylic acids is 1. The van der Waals surface area contributed by atoms with Crippen molar-refractivity contribution in [2.24, 2.45) is 5.92 Å². The molecule has 1 aliphatic heterocycles. The number of hydrogen-bond donors (Lipinski definition) is 1. The van der Waals surface area contributed by atoms with Crippen LogP contribution < -0.4 is 0 Å². The van der Waals surface area contributed by atoms with Crippen molar-refractivity contribution in [1.82, 2.24) is 4.90 Å². The number of carboxylic acids is 1. The van der Waals surface area contributed by atoms with Gasteiger partial charge in [0.25, 0.3) is 0 Å². The largest absolute Gasteiger partial charge is 0.480 e. The molecule has 0 bridgehead atoms. The Hall–Kier alpha value is -1.26. The van der Waals surface area contributed by atoms with Gasteiger partial charge in [-0.25, -0.2) is 9.59 Å². The smallest absolute Gasteiger partial charge is 0.411 e. The van der Waals surface area contributed by atoms with Gasteiger partial charge in [0.15, 0.2) is 0 Å². The highest BCUT2D eigenvalue weighted by molar-refractivity contribution is 5.80. The molecule has 0 aromatic rings. The van der Waals surface area contributed by atoms with E-state index < -0.39 is 23.7 Å². The Kier molecular flexibility index (Phi) is 4.25. The van der Waals surface area contributed by atoms with Crippen molar-refractivity contribution < 1.29 is 19.4 Å². The molecule has 2 rings (SSSR count). The number of likely N-dealkylation sites (tertiary alicyclic amines) is 1. The number of piperidine rings is 1. The van der Waals surface area contributed by atoms with Gasteiger partial charge in [-0.1, -0.05) is 12.8 Å². The maximum absolute atomic E-state index is 12.4. The third-order valence-corrected chi connectivity index (χ3v) is 4.26. The van der Waals surface area contributed by atoms with E-state index in [4.69, 9.17) is 4.74 Å². The van der Waals surface area contributed by atoms with Gasteiger partial charge >= 0.3 is 12.1 Å². The SMILES string of the molecule is CC(C)(C)OC(=O)N1C(C(=O)O)CCC2CCCCC21. The first-order valence-corrected chi connectivity index (χ1v) is 7.54. The molecule has 0 aromatic heterocycles. The molecule has 1 heterocycles. The van der Waals surface area contributed by atoms with E-state index in [0.29, 0.717) is 12.3 Å². The van der Waals surface area contributed by atoms with Crippen LogP contribution in [0.15, 0.2) is 0 Å². The highest BCUT2D eigenvalue weighted by atomic mass is 16.6. The van der Waals surface area contributed by atoms with Gasteiger partial charge in [0, 0.05) is 6.04 Å². The molecule has 2 aliphatic rings. The maximum Gasteiger partial charge on any atom is 0.411 e. The van der Waals surface area contributed by atoms with E-state index in [9.17, 15) is 14.7 Å². The average Bonchev–Trinajstić information content (AvgIpc) is 2.35. The lowest BCUT2D eigenvalue weighted by atomic mass is 9.76. The zero-order valence-electron chi connectivity index (χ0n) is 12.6. The zero-order chi connectivity index (χ0) is 14.9. The third-order valence-electron chi connectivity index (χ3n) is 4.26. The minimum Gasteiger partial charge on any atom is -0.480 e. The van der Waals surface area contributed by atoms with Crippen molar-refractivity contribution in [1.29, 1.82) is 0 Å². The number of amides is 1. The summed E-state index contributed by atoms with van der Waals surface area (Å²) in [6, 6.07) is -0.697.